The van der Waals surface area contributed by atoms with Crippen LogP contribution in [0.1, 0.15) is 24.2 Å². The molecule has 2 amide bonds. The third-order valence-corrected chi connectivity index (χ3v) is 4.53. The molecule has 0 unspecified atom stereocenters. The average molecular weight is 357 g/mol. The second-order valence-electron chi connectivity index (χ2n) is 5.33. The Morgan fingerprint density at radius 3 is 2.29 bits per heavy atom. The first-order valence-corrected chi connectivity index (χ1v) is 8.91. The lowest BCUT2D eigenvalue weighted by Crippen LogP contribution is -2.38. The number of carbonyl (C=O) groups is 2. The van der Waals surface area contributed by atoms with Crippen LogP contribution in [-0.4, -0.2) is 53.1 Å². The highest BCUT2D eigenvalue weighted by Crippen LogP contribution is 2.11. The van der Waals surface area contributed by atoms with Crippen molar-refractivity contribution >= 4 is 21.8 Å². The molecule has 1 aromatic rings. The minimum Gasteiger partial charge on any atom is -0.383 e. The second-order valence-corrected chi connectivity index (χ2v) is 7.04. The fourth-order valence-corrected chi connectivity index (χ4v) is 3.03. The number of hydrogen-bond donors (Lipinski definition) is 3. The van der Waals surface area contributed by atoms with Gasteiger partial charge in [-0.15, -0.1) is 0 Å². The molecule has 1 aromatic carbocycles. The Bertz CT molecular complexity index is 656. The van der Waals surface area contributed by atoms with Gasteiger partial charge in [0.1, 0.15) is 0 Å². The second kappa shape index (κ2) is 9.36. The number of ether oxygens (including phenoxy) is 1. The molecule has 0 fully saturated rings. The number of methoxy groups -OCH3 is 1. The van der Waals surface area contributed by atoms with Crippen LogP contribution in [0, 0.1) is 0 Å². The van der Waals surface area contributed by atoms with Crippen LogP contribution in [0.4, 0.5) is 0 Å². The van der Waals surface area contributed by atoms with Gasteiger partial charge in [0.15, 0.2) is 0 Å². The van der Waals surface area contributed by atoms with Crippen molar-refractivity contribution in [3.8, 4) is 0 Å². The third-order valence-electron chi connectivity index (χ3n) is 2.86. The first kappa shape index (κ1) is 20.1. The van der Waals surface area contributed by atoms with Crippen molar-refractivity contribution in [3.05, 3.63) is 29.8 Å². The Kier molecular flexibility index (Phi) is 7.83. The van der Waals surface area contributed by atoms with Crippen molar-refractivity contribution < 1.29 is 22.7 Å². The monoisotopic (exact) mass is 357 g/mol. The summed E-state index contributed by atoms with van der Waals surface area (Å²) in [6, 6.07) is 5.26. The Balaban J connectivity index is 2.59. The molecule has 0 aliphatic heterocycles. The van der Waals surface area contributed by atoms with E-state index in [-0.39, 0.29) is 29.0 Å². The van der Waals surface area contributed by atoms with Gasteiger partial charge >= 0.3 is 0 Å². The van der Waals surface area contributed by atoms with Crippen LogP contribution in [0.3, 0.4) is 0 Å². The zero-order valence-corrected chi connectivity index (χ0v) is 14.8. The SMILES string of the molecule is COCCNC(=O)CNC(=O)c1ccc(S(=O)(=O)NC(C)C)cc1. The summed E-state index contributed by atoms with van der Waals surface area (Å²) >= 11 is 0. The highest BCUT2D eigenvalue weighted by Gasteiger charge is 2.16. The molecule has 0 aliphatic carbocycles. The summed E-state index contributed by atoms with van der Waals surface area (Å²) < 4.78 is 31.2. The van der Waals surface area contributed by atoms with Crippen molar-refractivity contribution in [2.75, 3.05) is 26.8 Å². The molecule has 134 valence electrons. The summed E-state index contributed by atoms with van der Waals surface area (Å²) in [6.45, 7) is 4.02. The fraction of sp³-hybridized carbons (Fsp3) is 0.467. The maximum atomic E-state index is 12.0. The van der Waals surface area contributed by atoms with E-state index in [1.54, 1.807) is 13.8 Å². The lowest BCUT2D eigenvalue weighted by atomic mass is 10.2. The summed E-state index contributed by atoms with van der Waals surface area (Å²) in [5, 5.41) is 5.03. The van der Waals surface area contributed by atoms with Crippen molar-refractivity contribution in [1.29, 1.82) is 0 Å². The smallest absolute Gasteiger partial charge is 0.251 e. The van der Waals surface area contributed by atoms with Gasteiger partial charge in [-0.05, 0) is 38.1 Å². The number of nitrogens with one attached hydrogen (secondary N) is 3. The van der Waals surface area contributed by atoms with Gasteiger partial charge in [0.2, 0.25) is 15.9 Å². The van der Waals surface area contributed by atoms with E-state index < -0.39 is 15.9 Å². The summed E-state index contributed by atoms with van der Waals surface area (Å²) in [6.07, 6.45) is 0. The maximum absolute atomic E-state index is 12.0. The maximum Gasteiger partial charge on any atom is 0.251 e. The molecule has 0 aliphatic rings. The van der Waals surface area contributed by atoms with Gasteiger partial charge in [0.05, 0.1) is 18.0 Å². The molecule has 0 saturated carbocycles. The van der Waals surface area contributed by atoms with Crippen molar-refractivity contribution in [3.63, 3.8) is 0 Å². The Labute approximate surface area is 142 Å². The number of rotatable bonds is 9. The molecule has 8 nitrogen and oxygen atoms in total. The lowest BCUT2D eigenvalue weighted by molar-refractivity contribution is -0.120. The van der Waals surface area contributed by atoms with Crippen LogP contribution >= 0.6 is 0 Å². The van der Waals surface area contributed by atoms with Gasteiger partial charge in [-0.2, -0.15) is 0 Å². The predicted octanol–water partition coefficient (Wildman–Crippen LogP) is -0.134. The Morgan fingerprint density at radius 1 is 1.12 bits per heavy atom. The van der Waals surface area contributed by atoms with Gasteiger partial charge in [-0.25, -0.2) is 13.1 Å². The van der Waals surface area contributed by atoms with E-state index in [2.05, 4.69) is 15.4 Å². The van der Waals surface area contributed by atoms with E-state index in [9.17, 15) is 18.0 Å². The van der Waals surface area contributed by atoms with E-state index >= 15 is 0 Å². The molecule has 1 rings (SSSR count). The molecular weight excluding hydrogens is 334 g/mol. The lowest BCUT2D eigenvalue weighted by Gasteiger charge is -2.10. The van der Waals surface area contributed by atoms with Gasteiger partial charge < -0.3 is 15.4 Å². The Hall–Kier alpha value is -1.97. The van der Waals surface area contributed by atoms with E-state index in [1.165, 1.54) is 31.4 Å². The van der Waals surface area contributed by atoms with Crippen LogP contribution in [0.25, 0.3) is 0 Å². The zero-order chi connectivity index (χ0) is 18.2. The molecule has 0 aromatic heterocycles. The van der Waals surface area contributed by atoms with Crippen LogP contribution in [-0.2, 0) is 19.6 Å². The summed E-state index contributed by atoms with van der Waals surface area (Å²) in [5.41, 5.74) is 0.267. The predicted molar refractivity (Wildman–Crippen MR) is 89.1 cm³/mol. The van der Waals surface area contributed by atoms with Crippen molar-refractivity contribution in [1.82, 2.24) is 15.4 Å². The molecule has 9 heteroatoms. The molecular formula is C15H23N3O5S. The van der Waals surface area contributed by atoms with E-state index in [1.807, 2.05) is 0 Å². The van der Waals surface area contributed by atoms with Gasteiger partial charge in [0.25, 0.3) is 5.91 Å². The number of sulfonamides is 1. The van der Waals surface area contributed by atoms with Gasteiger partial charge in [-0.3, -0.25) is 9.59 Å². The molecule has 0 spiro atoms. The minimum absolute atomic E-state index is 0.0741. The van der Waals surface area contributed by atoms with E-state index in [0.717, 1.165) is 0 Å². The highest BCUT2D eigenvalue weighted by molar-refractivity contribution is 7.89. The van der Waals surface area contributed by atoms with Crippen LogP contribution in [0.5, 0.6) is 0 Å². The standard InChI is InChI=1S/C15H23N3O5S/c1-11(2)18-24(21,22)13-6-4-12(5-7-13)15(20)17-10-14(19)16-8-9-23-3/h4-7,11,18H,8-10H2,1-3H3,(H,16,19)(H,17,20). The molecule has 3 N–H and O–H groups in total. The normalized spacial score (nSPS) is 11.3. The minimum atomic E-state index is -3.60. The van der Waals surface area contributed by atoms with Gasteiger partial charge in [-0.1, -0.05) is 0 Å². The highest BCUT2D eigenvalue weighted by atomic mass is 32.2. The quantitative estimate of drug-likeness (QED) is 0.533. The number of hydrogen-bond acceptors (Lipinski definition) is 5. The Morgan fingerprint density at radius 2 is 1.75 bits per heavy atom. The first-order valence-electron chi connectivity index (χ1n) is 7.42. The van der Waals surface area contributed by atoms with Gasteiger partial charge in [0, 0.05) is 25.3 Å². The van der Waals surface area contributed by atoms with Crippen LogP contribution in [0.2, 0.25) is 0 Å². The number of carbonyl (C=O) groups excluding carboxylic acids is 2. The summed E-state index contributed by atoms with van der Waals surface area (Å²) in [5.74, 6) is -0.793. The van der Waals surface area contributed by atoms with Crippen LogP contribution < -0.4 is 15.4 Å². The summed E-state index contributed by atoms with van der Waals surface area (Å²) in [7, 11) is -2.08. The molecule has 0 heterocycles. The van der Waals surface area contributed by atoms with Crippen molar-refractivity contribution in [2.45, 2.75) is 24.8 Å². The third kappa shape index (κ3) is 6.65. The fourth-order valence-electron chi connectivity index (χ4n) is 1.78. The van der Waals surface area contributed by atoms with E-state index in [4.69, 9.17) is 4.74 Å². The van der Waals surface area contributed by atoms with Crippen molar-refractivity contribution in [2.24, 2.45) is 0 Å². The average Bonchev–Trinajstić information content (AvgIpc) is 2.52. The molecule has 0 saturated heterocycles. The summed E-state index contributed by atoms with van der Waals surface area (Å²) in [4.78, 5) is 23.5. The molecule has 0 radical (unpaired) electrons. The molecule has 24 heavy (non-hydrogen) atoms. The van der Waals surface area contributed by atoms with Crippen LogP contribution in [0.15, 0.2) is 29.2 Å². The number of amides is 2. The topological polar surface area (TPSA) is 114 Å². The molecule has 0 atom stereocenters. The van der Waals surface area contributed by atoms with E-state index in [0.29, 0.717) is 13.2 Å². The zero-order valence-electron chi connectivity index (χ0n) is 14.0. The largest absolute Gasteiger partial charge is 0.383 e. The molecule has 0 bridgehead atoms. The number of benzene rings is 1. The first-order chi connectivity index (χ1) is 11.3.